The molecule has 1 heterocycles. The third-order valence-corrected chi connectivity index (χ3v) is 2.11. The van der Waals surface area contributed by atoms with Gasteiger partial charge in [-0.25, -0.2) is 9.78 Å². The van der Waals surface area contributed by atoms with Gasteiger partial charge in [-0.15, -0.1) is 0 Å². The zero-order valence-electron chi connectivity index (χ0n) is 8.18. The summed E-state index contributed by atoms with van der Waals surface area (Å²) in [5.74, 6) is -0.217. The largest absolute Gasteiger partial charge is 0.480 e. The summed E-state index contributed by atoms with van der Waals surface area (Å²) in [4.78, 5) is 15.0. The highest BCUT2D eigenvalue weighted by Crippen LogP contribution is 2.15. The lowest BCUT2D eigenvalue weighted by molar-refractivity contribution is -0.141. The number of rotatable bonds is 5. The van der Waals surface area contributed by atoms with Gasteiger partial charge in [0.2, 0.25) is 0 Å². The quantitative estimate of drug-likeness (QED) is 0.730. The van der Waals surface area contributed by atoms with Crippen molar-refractivity contribution in [1.82, 2.24) is 9.55 Å². The number of nitrogens with two attached hydrogens (primary N) is 1. The summed E-state index contributed by atoms with van der Waals surface area (Å²) in [5, 5.41) is 9.01. The van der Waals surface area contributed by atoms with E-state index in [-0.39, 0.29) is 6.54 Å². The van der Waals surface area contributed by atoms with Crippen LogP contribution in [0.3, 0.4) is 0 Å². The van der Waals surface area contributed by atoms with Crippen LogP contribution in [-0.2, 0) is 11.3 Å². The summed E-state index contributed by atoms with van der Waals surface area (Å²) in [6.07, 6.45) is 4.66. The highest BCUT2D eigenvalue weighted by Gasteiger charge is 2.20. The summed E-state index contributed by atoms with van der Waals surface area (Å²) in [6, 6.07) is -0.541. The average molecular weight is 197 g/mol. The number of hydrogen-bond acceptors (Lipinski definition) is 3. The van der Waals surface area contributed by atoms with Crippen molar-refractivity contribution in [2.45, 2.75) is 32.4 Å². The SMILES string of the molecule is CCCC(C(=O)O)n1ccnc1CN. The van der Waals surface area contributed by atoms with Crippen molar-refractivity contribution in [3.63, 3.8) is 0 Å². The Hall–Kier alpha value is -1.36. The molecule has 0 saturated carbocycles. The van der Waals surface area contributed by atoms with Crippen molar-refractivity contribution in [3.05, 3.63) is 18.2 Å². The second-order valence-electron chi connectivity index (χ2n) is 3.10. The molecule has 0 fully saturated rings. The first-order chi connectivity index (χ1) is 6.70. The Morgan fingerprint density at radius 1 is 1.79 bits per heavy atom. The van der Waals surface area contributed by atoms with E-state index in [4.69, 9.17) is 10.8 Å². The van der Waals surface area contributed by atoms with E-state index in [0.717, 1.165) is 6.42 Å². The van der Waals surface area contributed by atoms with E-state index >= 15 is 0 Å². The van der Waals surface area contributed by atoms with Gasteiger partial charge in [0.15, 0.2) is 0 Å². The van der Waals surface area contributed by atoms with Gasteiger partial charge in [0, 0.05) is 12.4 Å². The van der Waals surface area contributed by atoms with Crippen LogP contribution in [0.2, 0.25) is 0 Å². The Balaban J connectivity index is 2.92. The summed E-state index contributed by atoms with van der Waals surface area (Å²) in [5.41, 5.74) is 5.45. The highest BCUT2D eigenvalue weighted by atomic mass is 16.4. The maximum atomic E-state index is 11.0. The number of carboxylic acids is 1. The summed E-state index contributed by atoms with van der Waals surface area (Å²) >= 11 is 0. The first kappa shape index (κ1) is 10.7. The molecule has 1 rings (SSSR count). The number of carbonyl (C=O) groups is 1. The maximum absolute atomic E-state index is 11.0. The standard InChI is InChI=1S/C9H15N3O2/c1-2-3-7(9(13)14)12-5-4-11-8(12)6-10/h4-5,7H,2-3,6,10H2,1H3,(H,13,14). The molecule has 0 aromatic carbocycles. The van der Waals surface area contributed by atoms with E-state index in [1.165, 1.54) is 0 Å². The fourth-order valence-electron chi connectivity index (χ4n) is 1.44. The van der Waals surface area contributed by atoms with Crippen LogP contribution in [0.25, 0.3) is 0 Å². The smallest absolute Gasteiger partial charge is 0.326 e. The lowest BCUT2D eigenvalue weighted by Crippen LogP contribution is -2.21. The fourth-order valence-corrected chi connectivity index (χ4v) is 1.44. The average Bonchev–Trinajstić information content (AvgIpc) is 2.61. The first-order valence-corrected chi connectivity index (χ1v) is 4.65. The van der Waals surface area contributed by atoms with Gasteiger partial charge in [0.25, 0.3) is 0 Å². The monoisotopic (exact) mass is 197 g/mol. The van der Waals surface area contributed by atoms with Crippen molar-refractivity contribution in [2.24, 2.45) is 5.73 Å². The predicted octanol–water partition coefficient (Wildman–Crippen LogP) is 0.768. The summed E-state index contributed by atoms with van der Waals surface area (Å²) in [6.45, 7) is 2.22. The molecule has 5 heteroatoms. The summed E-state index contributed by atoms with van der Waals surface area (Å²) in [7, 11) is 0. The lowest BCUT2D eigenvalue weighted by atomic mass is 10.1. The minimum atomic E-state index is -0.834. The lowest BCUT2D eigenvalue weighted by Gasteiger charge is -2.15. The van der Waals surface area contributed by atoms with Gasteiger partial charge in [0.1, 0.15) is 11.9 Å². The van der Waals surface area contributed by atoms with Gasteiger partial charge in [-0.05, 0) is 6.42 Å². The minimum Gasteiger partial charge on any atom is -0.480 e. The van der Waals surface area contributed by atoms with Gasteiger partial charge in [-0.3, -0.25) is 0 Å². The molecular formula is C9H15N3O2. The molecule has 1 atom stereocenters. The van der Waals surface area contributed by atoms with Crippen LogP contribution in [0.1, 0.15) is 31.6 Å². The van der Waals surface area contributed by atoms with Crippen molar-refractivity contribution in [2.75, 3.05) is 0 Å². The van der Waals surface area contributed by atoms with Crippen molar-refractivity contribution >= 4 is 5.97 Å². The molecule has 0 radical (unpaired) electrons. The molecule has 0 spiro atoms. The second-order valence-corrected chi connectivity index (χ2v) is 3.10. The molecule has 1 unspecified atom stereocenters. The maximum Gasteiger partial charge on any atom is 0.326 e. The molecule has 0 aliphatic rings. The molecule has 1 aromatic rings. The van der Waals surface area contributed by atoms with Crippen LogP contribution in [0.15, 0.2) is 12.4 Å². The van der Waals surface area contributed by atoms with Crippen LogP contribution in [0, 0.1) is 0 Å². The molecule has 0 amide bonds. The van der Waals surface area contributed by atoms with Gasteiger partial charge in [0.05, 0.1) is 6.54 Å². The minimum absolute atomic E-state index is 0.264. The van der Waals surface area contributed by atoms with E-state index in [9.17, 15) is 4.79 Å². The van der Waals surface area contributed by atoms with Gasteiger partial charge >= 0.3 is 5.97 Å². The van der Waals surface area contributed by atoms with E-state index in [2.05, 4.69) is 4.98 Å². The molecule has 0 aliphatic heterocycles. The molecule has 14 heavy (non-hydrogen) atoms. The van der Waals surface area contributed by atoms with Crippen LogP contribution < -0.4 is 5.73 Å². The Morgan fingerprint density at radius 2 is 2.50 bits per heavy atom. The molecule has 1 aromatic heterocycles. The molecule has 0 aliphatic carbocycles. The fraction of sp³-hybridized carbons (Fsp3) is 0.556. The Kier molecular flexibility index (Phi) is 3.64. The molecule has 78 valence electrons. The van der Waals surface area contributed by atoms with Gasteiger partial charge in [-0.1, -0.05) is 13.3 Å². The number of carboxylic acid groups (broad SMARTS) is 1. The Bertz CT molecular complexity index is 309. The normalized spacial score (nSPS) is 12.7. The van der Waals surface area contributed by atoms with Crippen LogP contribution >= 0.6 is 0 Å². The first-order valence-electron chi connectivity index (χ1n) is 4.65. The van der Waals surface area contributed by atoms with E-state index < -0.39 is 12.0 Å². The van der Waals surface area contributed by atoms with E-state index in [1.54, 1.807) is 17.0 Å². The zero-order valence-corrected chi connectivity index (χ0v) is 8.18. The number of nitrogens with zero attached hydrogens (tertiary/aromatic N) is 2. The Morgan fingerprint density at radius 3 is 3.00 bits per heavy atom. The van der Waals surface area contributed by atoms with E-state index in [1.807, 2.05) is 6.92 Å². The molecule has 5 nitrogen and oxygen atoms in total. The van der Waals surface area contributed by atoms with Crippen LogP contribution in [0.4, 0.5) is 0 Å². The zero-order chi connectivity index (χ0) is 10.6. The predicted molar refractivity (Wildman–Crippen MR) is 51.7 cm³/mol. The third-order valence-electron chi connectivity index (χ3n) is 2.11. The number of aromatic nitrogens is 2. The number of aliphatic carboxylic acids is 1. The van der Waals surface area contributed by atoms with Crippen LogP contribution in [0.5, 0.6) is 0 Å². The third kappa shape index (κ3) is 2.11. The van der Waals surface area contributed by atoms with Gasteiger partial charge < -0.3 is 15.4 Å². The number of hydrogen-bond donors (Lipinski definition) is 2. The van der Waals surface area contributed by atoms with Crippen molar-refractivity contribution in [1.29, 1.82) is 0 Å². The molecular weight excluding hydrogens is 182 g/mol. The molecule has 0 bridgehead atoms. The number of imidazole rings is 1. The van der Waals surface area contributed by atoms with Crippen molar-refractivity contribution < 1.29 is 9.90 Å². The molecule has 0 saturated heterocycles. The molecule has 3 N–H and O–H groups in total. The topological polar surface area (TPSA) is 81.1 Å². The van der Waals surface area contributed by atoms with Crippen LogP contribution in [-0.4, -0.2) is 20.6 Å². The van der Waals surface area contributed by atoms with Crippen molar-refractivity contribution in [3.8, 4) is 0 Å². The van der Waals surface area contributed by atoms with Gasteiger partial charge in [-0.2, -0.15) is 0 Å². The highest BCUT2D eigenvalue weighted by molar-refractivity contribution is 5.71. The Labute approximate surface area is 82.6 Å². The second kappa shape index (κ2) is 4.76. The summed E-state index contributed by atoms with van der Waals surface area (Å²) < 4.78 is 1.63. The van der Waals surface area contributed by atoms with E-state index in [0.29, 0.717) is 12.2 Å².